The molecule has 0 aromatic carbocycles. The molecule has 8 heteroatoms. The molecule has 0 radical (unpaired) electrons. The molecular weight excluding hydrogens is 576 g/mol. The predicted molar refractivity (Wildman–Crippen MR) is 132 cm³/mol. The number of aliphatic hydroxyl groups is 6. The van der Waals surface area contributed by atoms with Crippen LogP contribution in [-0.2, 0) is 31.9 Å². The molecule has 6 N–H and O–H groups in total. The van der Waals surface area contributed by atoms with Gasteiger partial charge in [0.05, 0.1) is 33.6 Å². The van der Waals surface area contributed by atoms with E-state index < -0.39 is 33.6 Å². The Hall–Kier alpha value is 1.14. The number of hydrogen-bond donors (Lipinski definition) is 6. The molecule has 0 unspecified atom stereocenters. The standard InChI is InChI=1S/6C4H10O.2Mo/c6*1-4(2,3)5;;/h6*5H,1-3H3;;. The summed E-state index contributed by atoms with van der Waals surface area (Å²) in [6, 6.07) is 0. The first-order valence-electron chi connectivity index (χ1n) is 10.5. The summed E-state index contributed by atoms with van der Waals surface area (Å²) >= 11 is 3.92. The first kappa shape index (κ1) is 50.1. The third kappa shape index (κ3) is 21900. The van der Waals surface area contributed by atoms with E-state index in [1.807, 2.05) is 31.9 Å². The van der Waals surface area contributed by atoms with E-state index in [-0.39, 0.29) is 0 Å². The van der Waals surface area contributed by atoms with Crippen molar-refractivity contribution in [1.29, 1.82) is 0 Å². The summed E-state index contributed by atoms with van der Waals surface area (Å²) in [4.78, 5) is 0. The monoisotopic (exact) mass is 640 g/mol. The van der Waals surface area contributed by atoms with Crippen LogP contribution in [0.25, 0.3) is 0 Å². The van der Waals surface area contributed by atoms with Crippen LogP contribution in [0.15, 0.2) is 0 Å². The second-order valence-corrected chi connectivity index (χ2v) is 13.0. The van der Waals surface area contributed by atoms with Crippen LogP contribution >= 0.6 is 0 Å². The quantitative estimate of drug-likeness (QED) is 0.215. The van der Waals surface area contributed by atoms with Crippen molar-refractivity contribution < 1.29 is 62.5 Å². The fourth-order valence-electron chi connectivity index (χ4n) is 0. The molecule has 0 amide bonds. The Labute approximate surface area is 219 Å². The van der Waals surface area contributed by atoms with Gasteiger partial charge in [-0.05, 0) is 125 Å². The van der Waals surface area contributed by atoms with Gasteiger partial charge in [-0.2, -0.15) is 0 Å². The van der Waals surface area contributed by atoms with Crippen molar-refractivity contribution in [2.75, 3.05) is 0 Å². The Kier molecular flexibility index (Phi) is 35.4. The molecule has 0 saturated heterocycles. The zero-order chi connectivity index (χ0) is 29.0. The molecule has 0 aliphatic heterocycles. The first-order chi connectivity index (χ1) is 13.0. The molecule has 204 valence electrons. The summed E-state index contributed by atoms with van der Waals surface area (Å²) in [5, 5.41) is 51.1. The van der Waals surface area contributed by atoms with Gasteiger partial charge in [-0.3, -0.25) is 0 Å². The zero-order valence-corrected chi connectivity index (χ0v) is 28.5. The van der Waals surface area contributed by atoms with Gasteiger partial charge in [-0.1, -0.05) is 0 Å². The predicted octanol–water partition coefficient (Wildman–Crippen LogP) is 4.66. The Morgan fingerprint density at radius 1 is 0.250 bits per heavy atom. The van der Waals surface area contributed by atoms with Crippen molar-refractivity contribution in [3.05, 3.63) is 0 Å². The van der Waals surface area contributed by atoms with Crippen molar-refractivity contribution >= 4 is 0 Å². The van der Waals surface area contributed by atoms with E-state index in [2.05, 4.69) is 0 Å². The van der Waals surface area contributed by atoms with Gasteiger partial charge in [-0.25, -0.2) is 0 Å². The van der Waals surface area contributed by atoms with Crippen molar-refractivity contribution in [3.63, 3.8) is 0 Å². The summed E-state index contributed by atoms with van der Waals surface area (Å²) in [7, 11) is 0. The zero-order valence-electron chi connectivity index (χ0n) is 24.5. The average Bonchev–Trinajstić information content (AvgIpc) is 2.14. The molecule has 6 nitrogen and oxygen atoms in total. The van der Waals surface area contributed by atoms with Gasteiger partial charge in [0, 0.05) is 0 Å². The van der Waals surface area contributed by atoms with Crippen molar-refractivity contribution in [2.24, 2.45) is 0 Å². The van der Waals surface area contributed by atoms with E-state index in [1.54, 1.807) is 125 Å². The fourth-order valence-corrected chi connectivity index (χ4v) is 0. The van der Waals surface area contributed by atoms with Crippen LogP contribution in [0.3, 0.4) is 0 Å². The maximum absolute atomic E-state index is 8.52. The van der Waals surface area contributed by atoms with Crippen molar-refractivity contribution in [2.45, 2.75) is 158 Å². The molecule has 0 heterocycles. The topological polar surface area (TPSA) is 121 Å². The molecule has 0 fully saturated rings. The van der Waals surface area contributed by atoms with E-state index in [1.165, 1.54) is 0 Å². The van der Waals surface area contributed by atoms with E-state index in [0.717, 1.165) is 0 Å². The first-order valence-corrected chi connectivity index (χ1v) is 16.2. The second kappa shape index (κ2) is 22.6. The molecule has 0 aromatic rings. The molecule has 0 bridgehead atoms. The van der Waals surface area contributed by atoms with Crippen LogP contribution in [0.1, 0.15) is 125 Å². The molecule has 0 saturated carbocycles. The van der Waals surface area contributed by atoms with Gasteiger partial charge < -0.3 is 30.6 Å². The second-order valence-electron chi connectivity index (χ2n) is 13.0. The number of hydrogen-bond acceptors (Lipinski definition) is 6. The summed E-state index contributed by atoms with van der Waals surface area (Å²) in [6.07, 6.45) is 0. The molecule has 0 aliphatic carbocycles. The Morgan fingerprint density at radius 3 is 0.250 bits per heavy atom. The summed E-state index contributed by atoms with van der Waals surface area (Å²) < 4.78 is 0. The van der Waals surface area contributed by atoms with Crippen LogP contribution in [0.5, 0.6) is 0 Å². The maximum atomic E-state index is 8.52. The minimum absolute atomic E-state index is 0.500. The van der Waals surface area contributed by atoms with E-state index in [9.17, 15) is 0 Å². The fraction of sp³-hybridized carbons (Fsp3) is 1.00. The third-order valence-corrected chi connectivity index (χ3v) is 0. The molecular formula is C24H60Mo2O6. The molecule has 0 spiro atoms. The molecule has 0 atom stereocenters. The average molecular weight is 637 g/mol. The van der Waals surface area contributed by atoms with Gasteiger partial charge in [-0.15, -0.1) is 0 Å². The summed E-state index contributed by atoms with van der Waals surface area (Å²) in [5.74, 6) is 0. The van der Waals surface area contributed by atoms with Crippen LogP contribution < -0.4 is 0 Å². The van der Waals surface area contributed by atoms with Crippen molar-refractivity contribution in [1.82, 2.24) is 0 Å². The molecule has 0 aliphatic rings. The molecule has 0 aromatic heterocycles. The van der Waals surface area contributed by atoms with Gasteiger partial charge in [0.1, 0.15) is 0 Å². The molecule has 32 heavy (non-hydrogen) atoms. The summed E-state index contributed by atoms with van der Waals surface area (Å²) in [6.45, 7) is 31.4. The van der Waals surface area contributed by atoms with Crippen LogP contribution in [0, 0.1) is 0 Å². The Morgan fingerprint density at radius 2 is 0.250 bits per heavy atom. The van der Waals surface area contributed by atoms with Crippen LogP contribution in [0.2, 0.25) is 0 Å². The Bertz CT molecular complexity index is 254. The van der Waals surface area contributed by atoms with Crippen LogP contribution in [-0.4, -0.2) is 64.2 Å². The van der Waals surface area contributed by atoms with Gasteiger partial charge >= 0.3 is 31.9 Å². The normalized spacial score (nSPS) is 11.3. The molecule has 0 rings (SSSR count). The third-order valence-electron chi connectivity index (χ3n) is 0. The van der Waals surface area contributed by atoms with Gasteiger partial charge in [0.2, 0.25) is 0 Å². The SMILES string of the molecule is CC(C)(C)O.CC(C)(C)O.CC(C)(C)O.CC(C)(C)O.CC(C)(C)O.CC(C)(C)O.[Mo]#[Mo]. The van der Waals surface area contributed by atoms with Crippen LogP contribution in [0.4, 0.5) is 0 Å². The van der Waals surface area contributed by atoms with E-state index in [4.69, 9.17) is 30.6 Å². The number of rotatable bonds is 0. The van der Waals surface area contributed by atoms with Gasteiger partial charge in [0.25, 0.3) is 0 Å². The minimum atomic E-state index is -0.500. The van der Waals surface area contributed by atoms with Crippen molar-refractivity contribution in [3.8, 4) is 0 Å². The van der Waals surface area contributed by atoms with E-state index >= 15 is 0 Å². The summed E-state index contributed by atoms with van der Waals surface area (Å²) in [5.41, 5.74) is -3.00. The van der Waals surface area contributed by atoms with Gasteiger partial charge in [0.15, 0.2) is 0 Å². The Balaban J connectivity index is -0.0000000461. The van der Waals surface area contributed by atoms with E-state index in [0.29, 0.717) is 0 Å².